The number of anilines is 2. The van der Waals surface area contributed by atoms with Crippen molar-refractivity contribution in [3.05, 3.63) is 83.7 Å². The van der Waals surface area contributed by atoms with Gasteiger partial charge in [0.2, 0.25) is 0 Å². The molecule has 2 aromatic heterocycles. The molecule has 0 fully saturated rings. The van der Waals surface area contributed by atoms with E-state index in [1.54, 1.807) is 6.07 Å². The zero-order valence-corrected chi connectivity index (χ0v) is 16.6. The van der Waals surface area contributed by atoms with E-state index in [4.69, 9.17) is 0 Å². The maximum atomic E-state index is 12.5. The molecular formula is C24H23N5O. The van der Waals surface area contributed by atoms with Crippen LogP contribution < -0.4 is 10.2 Å². The second-order valence-electron chi connectivity index (χ2n) is 7.53. The van der Waals surface area contributed by atoms with E-state index in [0.717, 1.165) is 37.1 Å². The Balaban J connectivity index is 1.23. The second-order valence-corrected chi connectivity index (χ2v) is 7.53. The molecule has 30 heavy (non-hydrogen) atoms. The maximum absolute atomic E-state index is 12.5. The topological polar surface area (TPSA) is 73.9 Å². The lowest BCUT2D eigenvalue weighted by Crippen LogP contribution is -2.28. The van der Waals surface area contributed by atoms with Crippen molar-refractivity contribution in [3.8, 4) is 0 Å². The first-order chi connectivity index (χ1) is 14.8. The van der Waals surface area contributed by atoms with Crippen LogP contribution in [0.2, 0.25) is 0 Å². The highest BCUT2D eigenvalue weighted by Gasteiger charge is 2.19. The molecule has 1 aliphatic rings. The van der Waals surface area contributed by atoms with Gasteiger partial charge in [-0.25, -0.2) is 0 Å². The Bertz CT molecular complexity index is 1180. The highest BCUT2D eigenvalue weighted by molar-refractivity contribution is 5.92. The van der Waals surface area contributed by atoms with Gasteiger partial charge in [0.1, 0.15) is 0 Å². The molecule has 0 bridgehead atoms. The SMILES string of the molecule is O=C(NCCc1c[nH]c2ccccc12)c1ccc(N2CCCc3ccccc32)nn1. The van der Waals surface area contributed by atoms with Gasteiger partial charge < -0.3 is 15.2 Å². The summed E-state index contributed by atoms with van der Waals surface area (Å²) >= 11 is 0. The molecule has 0 saturated carbocycles. The number of hydrogen-bond acceptors (Lipinski definition) is 4. The third-order valence-electron chi connectivity index (χ3n) is 5.62. The van der Waals surface area contributed by atoms with Gasteiger partial charge in [0, 0.05) is 35.9 Å². The second kappa shape index (κ2) is 7.99. The van der Waals surface area contributed by atoms with Crippen LogP contribution in [0.15, 0.2) is 66.9 Å². The van der Waals surface area contributed by atoms with E-state index in [-0.39, 0.29) is 5.91 Å². The van der Waals surface area contributed by atoms with Crippen molar-refractivity contribution in [2.45, 2.75) is 19.3 Å². The summed E-state index contributed by atoms with van der Waals surface area (Å²) in [5, 5.41) is 12.7. The van der Waals surface area contributed by atoms with Crippen LogP contribution in [0.25, 0.3) is 10.9 Å². The molecule has 0 unspecified atom stereocenters. The molecule has 0 saturated heterocycles. The molecule has 6 heteroatoms. The summed E-state index contributed by atoms with van der Waals surface area (Å²) in [7, 11) is 0. The van der Waals surface area contributed by atoms with Crippen LogP contribution in [0.3, 0.4) is 0 Å². The van der Waals surface area contributed by atoms with Crippen molar-refractivity contribution in [1.29, 1.82) is 0 Å². The van der Waals surface area contributed by atoms with Gasteiger partial charge in [0.25, 0.3) is 5.91 Å². The van der Waals surface area contributed by atoms with Gasteiger partial charge in [-0.3, -0.25) is 4.79 Å². The average molecular weight is 397 g/mol. The number of aromatic amines is 1. The number of carbonyl (C=O) groups excluding carboxylic acids is 1. The van der Waals surface area contributed by atoms with Gasteiger partial charge >= 0.3 is 0 Å². The number of amides is 1. The molecular weight excluding hydrogens is 374 g/mol. The maximum Gasteiger partial charge on any atom is 0.271 e. The molecule has 0 spiro atoms. The number of para-hydroxylation sites is 2. The number of nitrogens with zero attached hydrogens (tertiary/aromatic N) is 3. The Morgan fingerprint density at radius 2 is 1.90 bits per heavy atom. The number of benzene rings is 2. The third-order valence-corrected chi connectivity index (χ3v) is 5.62. The number of H-pyrrole nitrogens is 1. The highest BCUT2D eigenvalue weighted by atomic mass is 16.1. The number of rotatable bonds is 5. The highest BCUT2D eigenvalue weighted by Crippen LogP contribution is 2.31. The first-order valence-corrected chi connectivity index (χ1v) is 10.3. The van der Waals surface area contributed by atoms with E-state index < -0.39 is 0 Å². The minimum atomic E-state index is -0.201. The minimum absolute atomic E-state index is 0.201. The van der Waals surface area contributed by atoms with E-state index in [2.05, 4.69) is 55.7 Å². The first kappa shape index (κ1) is 18.4. The van der Waals surface area contributed by atoms with E-state index in [0.29, 0.717) is 12.2 Å². The smallest absolute Gasteiger partial charge is 0.271 e. The largest absolute Gasteiger partial charge is 0.361 e. The van der Waals surface area contributed by atoms with Gasteiger partial charge in [-0.05, 0) is 54.7 Å². The normalized spacial score (nSPS) is 13.3. The Labute approximate surface area is 174 Å². The lowest BCUT2D eigenvalue weighted by atomic mass is 10.0. The van der Waals surface area contributed by atoms with E-state index >= 15 is 0 Å². The van der Waals surface area contributed by atoms with E-state index in [1.807, 2.05) is 30.5 Å². The van der Waals surface area contributed by atoms with Crippen molar-refractivity contribution in [2.24, 2.45) is 0 Å². The lowest BCUT2D eigenvalue weighted by molar-refractivity contribution is 0.0948. The Hall–Kier alpha value is -3.67. The molecule has 6 nitrogen and oxygen atoms in total. The number of hydrogen-bond donors (Lipinski definition) is 2. The minimum Gasteiger partial charge on any atom is -0.361 e. The zero-order chi connectivity index (χ0) is 20.3. The molecule has 2 aromatic carbocycles. The standard InChI is InChI=1S/C24H23N5O/c30-24(25-14-13-18-16-26-20-9-3-2-8-19(18)20)21-11-12-23(28-27-21)29-15-5-7-17-6-1-4-10-22(17)29/h1-4,6,8-12,16,26H,5,7,13-15H2,(H,25,30). The van der Waals surface area contributed by atoms with Gasteiger partial charge in [0.15, 0.2) is 11.5 Å². The summed E-state index contributed by atoms with van der Waals surface area (Å²) in [5.74, 6) is 0.574. The number of carbonyl (C=O) groups is 1. The van der Waals surface area contributed by atoms with Crippen molar-refractivity contribution < 1.29 is 4.79 Å². The van der Waals surface area contributed by atoms with Crippen LogP contribution in [0, 0.1) is 0 Å². The molecule has 0 radical (unpaired) electrons. The quantitative estimate of drug-likeness (QED) is 0.534. The predicted molar refractivity (Wildman–Crippen MR) is 118 cm³/mol. The summed E-state index contributed by atoms with van der Waals surface area (Å²) < 4.78 is 0. The monoisotopic (exact) mass is 397 g/mol. The van der Waals surface area contributed by atoms with Gasteiger partial charge in [-0.15, -0.1) is 10.2 Å². The number of fused-ring (bicyclic) bond motifs is 2. The number of aryl methyl sites for hydroxylation is 1. The fraction of sp³-hybridized carbons (Fsp3) is 0.208. The molecule has 2 N–H and O–H groups in total. The fourth-order valence-corrected chi connectivity index (χ4v) is 4.10. The van der Waals surface area contributed by atoms with Crippen molar-refractivity contribution in [1.82, 2.24) is 20.5 Å². The first-order valence-electron chi connectivity index (χ1n) is 10.3. The summed E-state index contributed by atoms with van der Waals surface area (Å²) in [6, 6.07) is 20.2. The Kier molecular flexibility index (Phi) is 4.89. The van der Waals surface area contributed by atoms with Crippen molar-refractivity contribution >= 4 is 28.3 Å². The molecule has 0 aliphatic carbocycles. The van der Waals surface area contributed by atoms with Crippen LogP contribution in [0.5, 0.6) is 0 Å². The zero-order valence-electron chi connectivity index (χ0n) is 16.6. The summed E-state index contributed by atoms with van der Waals surface area (Å²) in [6.45, 7) is 1.45. The molecule has 150 valence electrons. The van der Waals surface area contributed by atoms with Crippen LogP contribution in [-0.2, 0) is 12.8 Å². The van der Waals surface area contributed by atoms with E-state index in [1.165, 1.54) is 22.2 Å². The summed E-state index contributed by atoms with van der Waals surface area (Å²) in [5.41, 5.74) is 5.14. The number of aromatic nitrogens is 3. The van der Waals surface area contributed by atoms with Crippen molar-refractivity contribution in [2.75, 3.05) is 18.0 Å². The average Bonchev–Trinajstić information content (AvgIpc) is 3.22. The van der Waals surface area contributed by atoms with Crippen LogP contribution in [0.1, 0.15) is 28.0 Å². The summed E-state index contributed by atoms with van der Waals surface area (Å²) in [6.07, 6.45) is 4.92. The number of nitrogens with one attached hydrogen (secondary N) is 2. The Morgan fingerprint density at radius 1 is 1.03 bits per heavy atom. The van der Waals surface area contributed by atoms with Crippen LogP contribution in [-0.4, -0.2) is 34.2 Å². The molecule has 5 rings (SSSR count). The van der Waals surface area contributed by atoms with Gasteiger partial charge in [-0.1, -0.05) is 36.4 Å². The molecule has 4 aromatic rings. The summed E-state index contributed by atoms with van der Waals surface area (Å²) in [4.78, 5) is 17.9. The lowest BCUT2D eigenvalue weighted by Gasteiger charge is -2.29. The Morgan fingerprint density at radius 3 is 2.80 bits per heavy atom. The van der Waals surface area contributed by atoms with Gasteiger partial charge in [-0.2, -0.15) is 0 Å². The molecule has 3 heterocycles. The predicted octanol–water partition coefficient (Wildman–Crippen LogP) is 4.01. The van der Waals surface area contributed by atoms with Crippen molar-refractivity contribution in [3.63, 3.8) is 0 Å². The molecule has 1 amide bonds. The molecule has 0 atom stereocenters. The molecule has 1 aliphatic heterocycles. The van der Waals surface area contributed by atoms with Gasteiger partial charge in [0.05, 0.1) is 0 Å². The fourth-order valence-electron chi connectivity index (χ4n) is 4.10. The van der Waals surface area contributed by atoms with Crippen LogP contribution in [0.4, 0.5) is 11.5 Å². The third kappa shape index (κ3) is 3.52. The van der Waals surface area contributed by atoms with E-state index in [9.17, 15) is 4.79 Å². The van der Waals surface area contributed by atoms with Crippen LogP contribution >= 0.6 is 0 Å².